The molecule has 1 aromatic heterocycles. The third-order valence-electron chi connectivity index (χ3n) is 5.67. The molecule has 2 aromatic carbocycles. The number of nitrogens with zero attached hydrogens (tertiary/aromatic N) is 4. The summed E-state index contributed by atoms with van der Waals surface area (Å²) in [6.07, 6.45) is 0.285. The van der Waals surface area contributed by atoms with Gasteiger partial charge in [-0.1, -0.05) is 12.1 Å². The number of halogens is 4. The zero-order valence-corrected chi connectivity index (χ0v) is 19.5. The number of aromatic nitrogens is 2. The van der Waals surface area contributed by atoms with Crippen LogP contribution in [0, 0.1) is 5.82 Å². The molecule has 1 amide bonds. The Labute approximate surface area is 205 Å². The Morgan fingerprint density at radius 3 is 2.58 bits per heavy atom. The number of benzene rings is 2. The van der Waals surface area contributed by atoms with Gasteiger partial charge >= 0.3 is 6.18 Å². The minimum Gasteiger partial charge on any atom is -0.319 e. The molecule has 5 rings (SSSR count). The fourth-order valence-corrected chi connectivity index (χ4v) is 4.35. The molecular weight excluding hydrogens is 498 g/mol. The van der Waals surface area contributed by atoms with E-state index in [0.717, 1.165) is 16.7 Å². The van der Waals surface area contributed by atoms with Gasteiger partial charge in [-0.3, -0.25) is 14.0 Å². The first-order chi connectivity index (χ1) is 17.1. The van der Waals surface area contributed by atoms with Crippen LogP contribution in [-0.4, -0.2) is 45.3 Å². The molecule has 7 nitrogen and oxygen atoms in total. The molecule has 2 aliphatic rings. The first-order valence-corrected chi connectivity index (χ1v) is 12.2. The second kappa shape index (κ2) is 8.94. The van der Waals surface area contributed by atoms with E-state index in [0.29, 0.717) is 42.9 Å². The lowest BCUT2D eigenvalue weighted by molar-refractivity contribution is -0.137. The Bertz CT molecular complexity index is 1470. The number of hydrogen-bond acceptors (Lipinski definition) is 6. The number of alkyl halides is 3. The fourth-order valence-electron chi connectivity index (χ4n) is 3.93. The van der Waals surface area contributed by atoms with Crippen molar-refractivity contribution in [1.82, 2.24) is 9.97 Å². The molecule has 0 radical (unpaired) electrons. The maximum absolute atomic E-state index is 14.0. The Hall–Kier alpha value is -3.93. The van der Waals surface area contributed by atoms with E-state index >= 15 is 0 Å². The van der Waals surface area contributed by atoms with Crippen LogP contribution in [0.3, 0.4) is 0 Å². The Morgan fingerprint density at radius 2 is 1.89 bits per heavy atom. The highest BCUT2D eigenvalue weighted by Gasteiger charge is 2.32. The maximum Gasteiger partial charge on any atom is 0.416 e. The van der Waals surface area contributed by atoms with Crippen molar-refractivity contribution in [3.05, 3.63) is 76.7 Å². The van der Waals surface area contributed by atoms with Crippen molar-refractivity contribution in [3.63, 3.8) is 0 Å². The number of rotatable bonds is 4. The van der Waals surface area contributed by atoms with Crippen molar-refractivity contribution >= 4 is 45.7 Å². The van der Waals surface area contributed by atoms with Gasteiger partial charge in [-0.25, -0.2) is 14.4 Å². The van der Waals surface area contributed by atoms with Gasteiger partial charge in [0.25, 0.3) is 5.91 Å². The Balaban J connectivity index is 1.42. The van der Waals surface area contributed by atoms with E-state index in [2.05, 4.69) is 20.3 Å². The van der Waals surface area contributed by atoms with Gasteiger partial charge in [0.2, 0.25) is 5.16 Å². The van der Waals surface area contributed by atoms with E-state index in [1.807, 2.05) is 11.0 Å². The molecule has 184 valence electrons. The summed E-state index contributed by atoms with van der Waals surface area (Å²) in [7, 11) is -1.34. The highest BCUT2D eigenvalue weighted by Crippen LogP contribution is 2.35. The highest BCUT2D eigenvalue weighted by molar-refractivity contribution is 7.84. The van der Waals surface area contributed by atoms with Gasteiger partial charge in [-0.15, -0.1) is 0 Å². The molecule has 3 heterocycles. The lowest BCUT2D eigenvalue weighted by atomic mass is 9.97. The molecular formula is C24H17F4N5O2S. The van der Waals surface area contributed by atoms with Crippen LogP contribution in [0.25, 0.3) is 11.6 Å². The molecule has 36 heavy (non-hydrogen) atoms. The Kier molecular flexibility index (Phi) is 5.91. The van der Waals surface area contributed by atoms with Crippen molar-refractivity contribution in [1.29, 1.82) is 0 Å². The summed E-state index contributed by atoms with van der Waals surface area (Å²) >= 11 is 0. The normalized spacial score (nSPS) is 15.5. The van der Waals surface area contributed by atoms with E-state index in [1.54, 1.807) is 18.3 Å². The van der Waals surface area contributed by atoms with Crippen LogP contribution in [0.1, 0.15) is 27.0 Å². The number of carbonyl (C=O) groups excluding carboxylic acids is 1. The topological polar surface area (TPSA) is 87.6 Å². The van der Waals surface area contributed by atoms with Gasteiger partial charge in [0.05, 0.1) is 28.6 Å². The van der Waals surface area contributed by atoms with E-state index in [1.165, 1.54) is 18.4 Å². The lowest BCUT2D eigenvalue weighted by Gasteiger charge is -2.27. The van der Waals surface area contributed by atoms with Gasteiger partial charge in [0, 0.05) is 35.7 Å². The molecule has 0 saturated carbocycles. The average Bonchev–Trinajstić information content (AvgIpc) is 3.34. The standard InChI is InChI=1S/C24H17F4N5O2S/c1-36(35)23-30-12-15-10-17(21-29-8-9-33(21)20(15)32-23)13-2-4-14(5-3-13)22(34)31-19-11-16(24(26,27)28)6-7-18(19)25/h2-7,10-12H,8-9H2,1H3,(H,31,34). The monoisotopic (exact) mass is 515 g/mol. The number of aliphatic imine (C=N–C) groups is 1. The second-order valence-corrected chi connectivity index (χ2v) is 9.30. The van der Waals surface area contributed by atoms with Crippen LogP contribution < -0.4 is 10.2 Å². The minimum absolute atomic E-state index is 0.135. The van der Waals surface area contributed by atoms with E-state index < -0.39 is 40.0 Å². The Morgan fingerprint density at radius 1 is 1.14 bits per heavy atom. The molecule has 12 heteroatoms. The fraction of sp³-hybridized carbons (Fsp3) is 0.167. The number of amides is 1. The van der Waals surface area contributed by atoms with Crippen molar-refractivity contribution in [2.75, 3.05) is 29.6 Å². The number of fused-ring (bicyclic) bond motifs is 3. The van der Waals surface area contributed by atoms with Crippen molar-refractivity contribution in [2.24, 2.45) is 4.99 Å². The van der Waals surface area contributed by atoms with E-state index in [-0.39, 0.29) is 10.7 Å². The number of hydrogen-bond donors (Lipinski definition) is 1. The van der Waals surface area contributed by atoms with Crippen LogP contribution in [0.15, 0.2) is 58.8 Å². The predicted molar refractivity (Wildman–Crippen MR) is 128 cm³/mol. The van der Waals surface area contributed by atoms with Crippen molar-refractivity contribution < 1.29 is 26.6 Å². The summed E-state index contributed by atoms with van der Waals surface area (Å²) in [5.74, 6) is -0.432. The van der Waals surface area contributed by atoms with E-state index in [4.69, 9.17) is 0 Å². The number of nitrogens with one attached hydrogen (secondary N) is 1. The predicted octanol–water partition coefficient (Wildman–Crippen LogP) is 4.40. The molecule has 1 N–H and O–H groups in total. The number of amidine groups is 1. The molecule has 0 spiro atoms. The van der Waals surface area contributed by atoms with Crippen molar-refractivity contribution in [3.8, 4) is 0 Å². The summed E-state index contributed by atoms with van der Waals surface area (Å²) in [6, 6.07) is 8.15. The van der Waals surface area contributed by atoms with Crippen LogP contribution in [0.4, 0.5) is 29.1 Å². The molecule has 3 aromatic rings. The largest absolute Gasteiger partial charge is 0.416 e. The average molecular weight is 515 g/mol. The van der Waals surface area contributed by atoms with Gasteiger partial charge < -0.3 is 10.2 Å². The molecule has 0 fully saturated rings. The van der Waals surface area contributed by atoms with Crippen LogP contribution in [0.5, 0.6) is 0 Å². The minimum atomic E-state index is -4.67. The van der Waals surface area contributed by atoms with Gasteiger partial charge in [-0.2, -0.15) is 13.2 Å². The molecule has 0 saturated heterocycles. The lowest BCUT2D eigenvalue weighted by Crippen LogP contribution is -2.32. The zero-order chi connectivity index (χ0) is 25.6. The summed E-state index contributed by atoms with van der Waals surface area (Å²) in [6.45, 7) is 1.14. The quantitative estimate of drug-likeness (QED) is 0.411. The number of carbonyl (C=O) groups is 1. The molecule has 0 aliphatic carbocycles. The van der Waals surface area contributed by atoms with Crippen LogP contribution in [0.2, 0.25) is 0 Å². The van der Waals surface area contributed by atoms with E-state index in [9.17, 15) is 26.6 Å². The smallest absolute Gasteiger partial charge is 0.319 e. The molecule has 1 unspecified atom stereocenters. The zero-order valence-electron chi connectivity index (χ0n) is 18.6. The number of anilines is 2. The summed E-state index contributed by atoms with van der Waals surface area (Å²) < 4.78 is 64.7. The van der Waals surface area contributed by atoms with Crippen molar-refractivity contribution in [2.45, 2.75) is 11.3 Å². The SMILES string of the molecule is CS(=O)c1ncc2c(n1)N1CCN=C1C(c1ccc(C(=O)Nc3cc(C(F)(F)F)ccc3F)cc1)=C2. The third kappa shape index (κ3) is 4.39. The third-order valence-corrected chi connectivity index (χ3v) is 6.38. The highest BCUT2D eigenvalue weighted by atomic mass is 32.2. The second-order valence-electron chi connectivity index (χ2n) is 8.02. The van der Waals surface area contributed by atoms with Gasteiger partial charge in [-0.05, 0) is 42.0 Å². The first-order valence-electron chi connectivity index (χ1n) is 10.6. The van der Waals surface area contributed by atoms with Crippen LogP contribution in [-0.2, 0) is 17.0 Å². The summed E-state index contributed by atoms with van der Waals surface area (Å²) in [5.41, 5.74) is 0.732. The molecule has 1 atom stereocenters. The molecule has 2 aliphatic heterocycles. The first kappa shape index (κ1) is 23.8. The van der Waals surface area contributed by atoms with Gasteiger partial charge in [0.1, 0.15) is 17.5 Å². The molecule has 0 bridgehead atoms. The van der Waals surface area contributed by atoms with Gasteiger partial charge in [0.15, 0.2) is 0 Å². The van der Waals surface area contributed by atoms with Crippen LogP contribution >= 0.6 is 0 Å². The summed E-state index contributed by atoms with van der Waals surface area (Å²) in [5, 5.41) is 2.43. The maximum atomic E-state index is 14.0. The summed E-state index contributed by atoms with van der Waals surface area (Å²) in [4.78, 5) is 27.7.